The molecule has 1 aliphatic rings. The fourth-order valence-corrected chi connectivity index (χ4v) is 3.33. The lowest BCUT2D eigenvalue weighted by Crippen LogP contribution is -2.31. The van der Waals surface area contributed by atoms with Gasteiger partial charge in [-0.2, -0.15) is 0 Å². The van der Waals surface area contributed by atoms with Gasteiger partial charge in [-0.05, 0) is 58.5 Å². The SMILES string of the molecule is O=C(N[C@@H]1CCCc2ccccc21)c1ccc(Br)c([N+](=O)[O-])c1. The Balaban J connectivity index is 1.83. The number of hydrogen-bond donors (Lipinski definition) is 1. The molecule has 0 heterocycles. The molecule has 0 aromatic heterocycles. The van der Waals surface area contributed by atoms with Crippen molar-refractivity contribution < 1.29 is 9.72 Å². The number of carbonyl (C=O) groups excluding carboxylic acids is 1. The van der Waals surface area contributed by atoms with E-state index in [1.54, 1.807) is 6.07 Å². The van der Waals surface area contributed by atoms with Gasteiger partial charge in [-0.1, -0.05) is 24.3 Å². The standard InChI is InChI=1S/C17H15BrN2O3/c18-14-9-8-12(10-16(14)20(22)23)17(21)19-15-7-3-5-11-4-1-2-6-13(11)15/h1-2,4,6,8-10,15H,3,5,7H2,(H,19,21)/t15-/m1/s1. The molecule has 0 fully saturated rings. The molecule has 1 N–H and O–H groups in total. The van der Waals surface area contributed by atoms with Crippen molar-refractivity contribution in [1.29, 1.82) is 0 Å². The minimum atomic E-state index is -0.503. The highest BCUT2D eigenvalue weighted by molar-refractivity contribution is 9.10. The average Bonchev–Trinajstić information content (AvgIpc) is 2.55. The number of hydrogen-bond acceptors (Lipinski definition) is 3. The van der Waals surface area contributed by atoms with Gasteiger partial charge in [0.1, 0.15) is 0 Å². The zero-order chi connectivity index (χ0) is 16.4. The number of carbonyl (C=O) groups is 1. The highest BCUT2D eigenvalue weighted by Crippen LogP contribution is 2.30. The average molecular weight is 375 g/mol. The lowest BCUT2D eigenvalue weighted by molar-refractivity contribution is -0.385. The molecule has 0 aliphatic heterocycles. The molecule has 0 bridgehead atoms. The number of halogens is 1. The van der Waals surface area contributed by atoms with Gasteiger partial charge in [-0.15, -0.1) is 0 Å². The van der Waals surface area contributed by atoms with Gasteiger partial charge in [0.05, 0.1) is 15.4 Å². The van der Waals surface area contributed by atoms with Gasteiger partial charge in [0.15, 0.2) is 0 Å². The lowest BCUT2D eigenvalue weighted by atomic mass is 9.87. The van der Waals surface area contributed by atoms with Crippen LogP contribution in [0.3, 0.4) is 0 Å². The molecular weight excluding hydrogens is 360 g/mol. The maximum atomic E-state index is 12.5. The van der Waals surface area contributed by atoms with Crippen molar-refractivity contribution in [3.63, 3.8) is 0 Å². The monoisotopic (exact) mass is 374 g/mol. The minimum Gasteiger partial charge on any atom is -0.345 e. The maximum absolute atomic E-state index is 12.5. The van der Waals surface area contributed by atoms with E-state index < -0.39 is 4.92 Å². The number of nitrogens with one attached hydrogen (secondary N) is 1. The summed E-state index contributed by atoms with van der Waals surface area (Å²) in [7, 11) is 0. The fourth-order valence-electron chi connectivity index (χ4n) is 2.94. The number of nitro groups is 1. The summed E-state index contributed by atoms with van der Waals surface area (Å²) < 4.78 is 0.363. The summed E-state index contributed by atoms with van der Waals surface area (Å²) in [6, 6.07) is 12.4. The highest BCUT2D eigenvalue weighted by atomic mass is 79.9. The van der Waals surface area contributed by atoms with Crippen molar-refractivity contribution in [2.75, 3.05) is 0 Å². The molecular formula is C17H15BrN2O3. The highest BCUT2D eigenvalue weighted by Gasteiger charge is 2.23. The summed E-state index contributed by atoms with van der Waals surface area (Å²) in [5.41, 5.74) is 2.58. The molecule has 0 spiro atoms. The molecule has 0 saturated carbocycles. The largest absolute Gasteiger partial charge is 0.345 e. The molecule has 0 saturated heterocycles. The van der Waals surface area contributed by atoms with E-state index in [9.17, 15) is 14.9 Å². The second-order valence-corrected chi connectivity index (χ2v) is 6.39. The molecule has 2 aromatic rings. The predicted molar refractivity (Wildman–Crippen MR) is 90.4 cm³/mol. The number of benzene rings is 2. The van der Waals surface area contributed by atoms with Gasteiger partial charge in [-0.3, -0.25) is 14.9 Å². The Morgan fingerprint density at radius 2 is 2.04 bits per heavy atom. The van der Waals surface area contributed by atoms with E-state index in [1.165, 1.54) is 17.7 Å². The summed E-state index contributed by atoms with van der Waals surface area (Å²) in [5.74, 6) is -0.290. The molecule has 1 aliphatic carbocycles. The number of nitrogens with zero attached hydrogens (tertiary/aromatic N) is 1. The van der Waals surface area contributed by atoms with Gasteiger partial charge in [0.2, 0.25) is 0 Å². The fraction of sp³-hybridized carbons (Fsp3) is 0.235. The van der Waals surface area contributed by atoms with Crippen molar-refractivity contribution in [3.8, 4) is 0 Å². The van der Waals surface area contributed by atoms with Crippen LogP contribution >= 0.6 is 15.9 Å². The molecule has 118 valence electrons. The molecule has 0 unspecified atom stereocenters. The third kappa shape index (κ3) is 3.27. The first-order chi connectivity index (χ1) is 11.1. The van der Waals surface area contributed by atoms with E-state index in [1.807, 2.05) is 18.2 Å². The summed E-state index contributed by atoms with van der Waals surface area (Å²) in [5, 5.41) is 14.0. The van der Waals surface area contributed by atoms with Crippen LogP contribution in [0.15, 0.2) is 46.9 Å². The maximum Gasteiger partial charge on any atom is 0.284 e. The molecule has 23 heavy (non-hydrogen) atoms. The second-order valence-electron chi connectivity index (χ2n) is 5.54. The quantitative estimate of drug-likeness (QED) is 0.647. The van der Waals surface area contributed by atoms with Crippen LogP contribution in [0.4, 0.5) is 5.69 Å². The van der Waals surface area contributed by atoms with Gasteiger partial charge in [0, 0.05) is 11.6 Å². The number of fused-ring (bicyclic) bond motifs is 1. The van der Waals surface area contributed by atoms with Crippen LogP contribution in [0.2, 0.25) is 0 Å². The van der Waals surface area contributed by atoms with E-state index in [0.717, 1.165) is 24.8 Å². The number of nitro benzene ring substituents is 1. The van der Waals surface area contributed by atoms with Gasteiger partial charge in [-0.25, -0.2) is 0 Å². The van der Waals surface area contributed by atoms with Gasteiger partial charge in [0.25, 0.3) is 11.6 Å². The van der Waals surface area contributed by atoms with Crippen molar-refractivity contribution >= 4 is 27.5 Å². The Morgan fingerprint density at radius 1 is 1.26 bits per heavy atom. The lowest BCUT2D eigenvalue weighted by Gasteiger charge is -2.26. The topological polar surface area (TPSA) is 72.2 Å². The summed E-state index contributed by atoms with van der Waals surface area (Å²) in [6.45, 7) is 0. The van der Waals surface area contributed by atoms with Crippen LogP contribution in [0.5, 0.6) is 0 Å². The Kier molecular flexibility index (Phi) is 4.43. The van der Waals surface area contributed by atoms with Crippen molar-refractivity contribution in [3.05, 3.63) is 73.7 Å². The summed E-state index contributed by atoms with van der Waals surface area (Å²) >= 11 is 3.13. The zero-order valence-corrected chi connectivity index (χ0v) is 13.9. The third-order valence-electron chi connectivity index (χ3n) is 4.08. The molecule has 5 nitrogen and oxygen atoms in total. The first-order valence-electron chi connectivity index (χ1n) is 7.39. The Hall–Kier alpha value is -2.21. The van der Waals surface area contributed by atoms with E-state index in [4.69, 9.17) is 0 Å². The molecule has 1 atom stereocenters. The Bertz CT molecular complexity index is 776. The molecule has 0 radical (unpaired) electrons. The van der Waals surface area contributed by atoms with Crippen LogP contribution in [0, 0.1) is 10.1 Å². The summed E-state index contributed by atoms with van der Waals surface area (Å²) in [6.07, 6.45) is 2.91. The zero-order valence-electron chi connectivity index (χ0n) is 12.3. The van der Waals surface area contributed by atoms with Crippen molar-refractivity contribution in [2.24, 2.45) is 0 Å². The molecule has 6 heteroatoms. The van der Waals surface area contributed by atoms with Crippen LogP contribution in [0.25, 0.3) is 0 Å². The van der Waals surface area contributed by atoms with E-state index in [2.05, 4.69) is 27.3 Å². The van der Waals surface area contributed by atoms with E-state index in [-0.39, 0.29) is 17.6 Å². The first-order valence-corrected chi connectivity index (χ1v) is 8.18. The van der Waals surface area contributed by atoms with Crippen molar-refractivity contribution in [2.45, 2.75) is 25.3 Å². The smallest absolute Gasteiger partial charge is 0.284 e. The number of aryl methyl sites for hydroxylation is 1. The van der Waals surface area contributed by atoms with E-state index in [0.29, 0.717) is 10.0 Å². The normalized spacial score (nSPS) is 16.5. The van der Waals surface area contributed by atoms with Gasteiger partial charge < -0.3 is 5.32 Å². The Morgan fingerprint density at radius 3 is 2.83 bits per heavy atom. The third-order valence-corrected chi connectivity index (χ3v) is 4.75. The number of amides is 1. The minimum absolute atomic E-state index is 0.0462. The molecule has 2 aromatic carbocycles. The molecule has 3 rings (SSSR count). The first kappa shape index (κ1) is 15.7. The van der Waals surface area contributed by atoms with Crippen LogP contribution in [0.1, 0.15) is 40.4 Å². The summed E-state index contributed by atoms with van der Waals surface area (Å²) in [4.78, 5) is 23.0. The van der Waals surface area contributed by atoms with Crippen LogP contribution in [-0.2, 0) is 6.42 Å². The second kappa shape index (κ2) is 6.50. The van der Waals surface area contributed by atoms with Gasteiger partial charge >= 0.3 is 0 Å². The predicted octanol–water partition coefficient (Wildman–Crippen LogP) is 4.16. The van der Waals surface area contributed by atoms with Crippen molar-refractivity contribution in [1.82, 2.24) is 5.32 Å². The molecule has 1 amide bonds. The number of rotatable bonds is 3. The Labute approximate surface area is 142 Å². The van der Waals surface area contributed by atoms with E-state index >= 15 is 0 Å². The van der Waals surface area contributed by atoms with Crippen LogP contribution in [-0.4, -0.2) is 10.8 Å². The van der Waals surface area contributed by atoms with Crippen LogP contribution < -0.4 is 5.32 Å².